The number of hydrogen-bond donors (Lipinski definition) is 0. The lowest BCUT2D eigenvalue weighted by Crippen LogP contribution is -1.94. The minimum Gasteiger partial charge on any atom is -0.276 e. The Bertz CT molecular complexity index is 440. The molecule has 5 heteroatoms. The Morgan fingerprint density at radius 3 is 2.73 bits per heavy atom. The van der Waals surface area contributed by atoms with Crippen LogP contribution in [0.25, 0.3) is 6.08 Å². The predicted molar refractivity (Wildman–Crippen MR) is 57.7 cm³/mol. The summed E-state index contributed by atoms with van der Waals surface area (Å²) in [6.45, 7) is 1.64. The molecule has 0 saturated heterocycles. The second-order valence-electron chi connectivity index (χ2n) is 2.91. The molecule has 0 radical (unpaired) electrons. The molecular weight excluding hydrogens is 218 g/mol. The summed E-state index contributed by atoms with van der Waals surface area (Å²) in [5.41, 5.74) is 0.907. The monoisotopic (exact) mass is 225 g/mol. The summed E-state index contributed by atoms with van der Waals surface area (Å²) in [6.07, 6.45) is 2.42. The van der Waals surface area contributed by atoms with E-state index < -0.39 is 10.2 Å². The topological polar surface area (TPSA) is 60.2 Å². The van der Waals surface area contributed by atoms with E-state index >= 15 is 0 Å². The van der Waals surface area contributed by atoms with Crippen LogP contribution in [0.4, 0.5) is 5.69 Å². The lowest BCUT2D eigenvalue weighted by atomic mass is 10.1. The van der Waals surface area contributed by atoms with Crippen LogP contribution in [0.3, 0.4) is 0 Å². The van der Waals surface area contributed by atoms with E-state index in [-0.39, 0.29) is 5.69 Å². The fraction of sp³-hybridized carbons (Fsp3) is 0.100. The van der Waals surface area contributed by atoms with Gasteiger partial charge in [-0.15, -0.1) is 0 Å². The number of aryl methyl sites for hydroxylation is 1. The third-order valence-electron chi connectivity index (χ3n) is 1.85. The third kappa shape index (κ3) is 2.89. The molecular formula is C10H8ClNO3. The summed E-state index contributed by atoms with van der Waals surface area (Å²) in [5.74, 6) is 0. The van der Waals surface area contributed by atoms with Crippen LogP contribution in [0.15, 0.2) is 24.3 Å². The van der Waals surface area contributed by atoms with Gasteiger partial charge in [0.2, 0.25) is 5.24 Å². The molecule has 0 aromatic heterocycles. The Kier molecular flexibility index (Phi) is 3.57. The van der Waals surface area contributed by atoms with Crippen molar-refractivity contribution in [2.24, 2.45) is 0 Å². The average molecular weight is 226 g/mol. The maximum atomic E-state index is 10.7. The lowest BCUT2D eigenvalue weighted by molar-refractivity contribution is -0.385. The summed E-state index contributed by atoms with van der Waals surface area (Å²) in [7, 11) is 0. The molecule has 0 unspecified atom stereocenters. The number of halogens is 1. The summed E-state index contributed by atoms with van der Waals surface area (Å²) >= 11 is 5.10. The number of rotatable bonds is 3. The molecule has 0 amide bonds. The zero-order chi connectivity index (χ0) is 11.4. The zero-order valence-corrected chi connectivity index (χ0v) is 8.69. The van der Waals surface area contributed by atoms with Crippen molar-refractivity contribution in [3.8, 4) is 0 Å². The van der Waals surface area contributed by atoms with Crippen molar-refractivity contribution < 1.29 is 9.72 Å². The van der Waals surface area contributed by atoms with E-state index in [1.165, 1.54) is 6.08 Å². The second-order valence-corrected chi connectivity index (χ2v) is 3.28. The Hall–Kier alpha value is -1.68. The zero-order valence-electron chi connectivity index (χ0n) is 7.94. The van der Waals surface area contributed by atoms with Crippen molar-refractivity contribution in [1.29, 1.82) is 0 Å². The molecule has 1 rings (SSSR count). The highest BCUT2D eigenvalue weighted by Gasteiger charge is 2.14. The Morgan fingerprint density at radius 1 is 1.53 bits per heavy atom. The second kappa shape index (κ2) is 4.70. The normalized spacial score (nSPS) is 10.5. The van der Waals surface area contributed by atoms with Gasteiger partial charge in [-0.05, 0) is 36.7 Å². The van der Waals surface area contributed by atoms with Gasteiger partial charge in [-0.1, -0.05) is 12.1 Å². The molecule has 78 valence electrons. The molecule has 0 atom stereocenters. The molecule has 1 aromatic carbocycles. The van der Waals surface area contributed by atoms with Crippen molar-refractivity contribution >= 4 is 28.6 Å². The van der Waals surface area contributed by atoms with E-state index in [0.29, 0.717) is 11.1 Å². The molecule has 0 aliphatic rings. The van der Waals surface area contributed by atoms with Crippen LogP contribution in [0.5, 0.6) is 0 Å². The number of nitro benzene ring substituents is 1. The van der Waals surface area contributed by atoms with E-state index in [4.69, 9.17) is 11.6 Å². The third-order valence-corrected chi connectivity index (χ3v) is 1.97. The number of hydrogen-bond acceptors (Lipinski definition) is 3. The van der Waals surface area contributed by atoms with Crippen molar-refractivity contribution in [2.45, 2.75) is 6.92 Å². The molecule has 0 spiro atoms. The Morgan fingerprint density at radius 2 is 2.20 bits per heavy atom. The SMILES string of the molecule is Cc1cccc(/C=C/C(=O)Cl)c1[N+](=O)[O-]. The highest BCUT2D eigenvalue weighted by molar-refractivity contribution is 6.66. The number of carbonyl (C=O) groups excluding carboxylic acids is 1. The van der Waals surface area contributed by atoms with Crippen LogP contribution in [-0.2, 0) is 4.79 Å². The summed E-state index contributed by atoms with van der Waals surface area (Å²) < 4.78 is 0. The van der Waals surface area contributed by atoms with Crippen LogP contribution in [0.2, 0.25) is 0 Å². The quantitative estimate of drug-likeness (QED) is 0.344. The van der Waals surface area contributed by atoms with E-state index in [9.17, 15) is 14.9 Å². The summed E-state index contributed by atoms with van der Waals surface area (Å²) in [5, 5.41) is 10.1. The standard InChI is InChI=1S/C10H8ClNO3/c1-7-3-2-4-8(5-6-9(11)13)10(7)12(14)15/h2-6H,1H3/b6-5+. The van der Waals surface area contributed by atoms with Crippen LogP contribution >= 0.6 is 11.6 Å². The first kappa shape index (κ1) is 11.4. The van der Waals surface area contributed by atoms with Gasteiger partial charge in [-0.3, -0.25) is 14.9 Å². The Balaban J connectivity index is 3.23. The highest BCUT2D eigenvalue weighted by Crippen LogP contribution is 2.24. The number of para-hydroxylation sites is 1. The van der Waals surface area contributed by atoms with Gasteiger partial charge < -0.3 is 0 Å². The maximum Gasteiger partial charge on any atom is 0.279 e. The van der Waals surface area contributed by atoms with E-state index in [0.717, 1.165) is 6.08 Å². The largest absolute Gasteiger partial charge is 0.279 e. The van der Waals surface area contributed by atoms with Gasteiger partial charge >= 0.3 is 0 Å². The van der Waals surface area contributed by atoms with Gasteiger partial charge in [0.15, 0.2) is 0 Å². The number of allylic oxidation sites excluding steroid dienone is 1. The van der Waals surface area contributed by atoms with Gasteiger partial charge in [-0.2, -0.15) is 0 Å². The molecule has 0 aliphatic carbocycles. The van der Waals surface area contributed by atoms with Crippen molar-refractivity contribution in [3.63, 3.8) is 0 Å². The van der Waals surface area contributed by atoms with Gasteiger partial charge in [0.1, 0.15) is 0 Å². The molecule has 0 N–H and O–H groups in total. The van der Waals surface area contributed by atoms with Crippen LogP contribution in [0.1, 0.15) is 11.1 Å². The van der Waals surface area contributed by atoms with Crippen LogP contribution in [-0.4, -0.2) is 10.2 Å². The van der Waals surface area contributed by atoms with E-state index in [1.54, 1.807) is 25.1 Å². The molecule has 0 aliphatic heterocycles. The lowest BCUT2D eigenvalue weighted by Gasteiger charge is -1.99. The summed E-state index contributed by atoms with van der Waals surface area (Å²) in [4.78, 5) is 20.8. The highest BCUT2D eigenvalue weighted by atomic mass is 35.5. The van der Waals surface area contributed by atoms with Crippen LogP contribution in [0, 0.1) is 17.0 Å². The minimum atomic E-state index is -0.661. The smallest absolute Gasteiger partial charge is 0.276 e. The van der Waals surface area contributed by atoms with E-state index in [1.807, 2.05) is 0 Å². The molecule has 0 bridgehead atoms. The molecule has 15 heavy (non-hydrogen) atoms. The fourth-order valence-electron chi connectivity index (χ4n) is 1.22. The number of nitrogens with zero attached hydrogens (tertiary/aromatic N) is 1. The van der Waals surface area contributed by atoms with Crippen LogP contribution < -0.4 is 0 Å². The molecule has 4 nitrogen and oxygen atoms in total. The first-order valence-electron chi connectivity index (χ1n) is 4.14. The minimum absolute atomic E-state index is 0.00772. The molecule has 1 aromatic rings. The first-order valence-corrected chi connectivity index (χ1v) is 4.51. The molecule has 0 saturated carbocycles. The number of benzene rings is 1. The fourth-order valence-corrected chi connectivity index (χ4v) is 1.28. The van der Waals surface area contributed by atoms with Gasteiger partial charge in [0.25, 0.3) is 5.69 Å². The number of carbonyl (C=O) groups is 1. The van der Waals surface area contributed by atoms with Crippen molar-refractivity contribution in [2.75, 3.05) is 0 Å². The van der Waals surface area contributed by atoms with E-state index in [2.05, 4.69) is 0 Å². The van der Waals surface area contributed by atoms with Crippen molar-refractivity contribution in [1.82, 2.24) is 0 Å². The number of nitro groups is 1. The van der Waals surface area contributed by atoms with Crippen molar-refractivity contribution in [3.05, 3.63) is 45.5 Å². The van der Waals surface area contributed by atoms with Gasteiger partial charge in [-0.25, -0.2) is 0 Å². The predicted octanol–water partition coefficient (Wildman–Crippen LogP) is 2.68. The molecule has 0 fully saturated rings. The summed E-state index contributed by atoms with van der Waals surface area (Å²) in [6, 6.07) is 4.88. The Labute approximate surface area is 91.3 Å². The first-order chi connectivity index (χ1) is 7.02. The maximum absolute atomic E-state index is 10.7. The molecule has 0 heterocycles. The van der Waals surface area contributed by atoms with Gasteiger partial charge in [0.05, 0.1) is 10.5 Å². The average Bonchev–Trinajstić information content (AvgIpc) is 2.13. The van der Waals surface area contributed by atoms with Gasteiger partial charge in [0, 0.05) is 5.56 Å².